The van der Waals surface area contributed by atoms with Crippen molar-refractivity contribution in [3.63, 3.8) is 0 Å². The minimum atomic E-state index is -0.0359. The fourth-order valence-corrected chi connectivity index (χ4v) is 3.59. The molecule has 0 N–H and O–H groups in total. The van der Waals surface area contributed by atoms with E-state index >= 15 is 0 Å². The van der Waals surface area contributed by atoms with Gasteiger partial charge >= 0.3 is 0 Å². The van der Waals surface area contributed by atoms with Crippen LogP contribution in [0.3, 0.4) is 0 Å². The molecule has 0 aromatic heterocycles. The molecule has 0 heterocycles. The molecule has 0 heteroatoms. The first-order chi connectivity index (χ1) is 11.5. The number of rotatable bonds is 4. The second kappa shape index (κ2) is 6.65. The van der Waals surface area contributed by atoms with Gasteiger partial charge in [-0.15, -0.1) is 0 Å². The van der Waals surface area contributed by atoms with Gasteiger partial charge in [0.2, 0.25) is 0 Å². The molecule has 3 aromatic carbocycles. The van der Waals surface area contributed by atoms with Gasteiger partial charge < -0.3 is 0 Å². The average Bonchev–Trinajstić information content (AvgIpc) is 2.55. The monoisotopic (exact) mass is 314 g/mol. The zero-order chi connectivity index (χ0) is 17.2. The van der Waals surface area contributed by atoms with Crippen molar-refractivity contribution >= 4 is 0 Å². The van der Waals surface area contributed by atoms with Crippen LogP contribution in [-0.4, -0.2) is 0 Å². The molecule has 0 fully saturated rings. The molecular weight excluding hydrogens is 288 g/mol. The number of aryl methyl sites for hydroxylation is 3. The minimum absolute atomic E-state index is 0.0359. The molecule has 0 aliphatic rings. The number of hydrogen-bond donors (Lipinski definition) is 0. The molecule has 24 heavy (non-hydrogen) atoms. The van der Waals surface area contributed by atoms with Crippen LogP contribution >= 0.6 is 0 Å². The summed E-state index contributed by atoms with van der Waals surface area (Å²) in [5.74, 6) is 0. The molecule has 0 aliphatic carbocycles. The lowest BCUT2D eigenvalue weighted by molar-refractivity contribution is 0.566. The van der Waals surface area contributed by atoms with Crippen molar-refractivity contribution in [2.24, 2.45) is 0 Å². The summed E-state index contributed by atoms with van der Waals surface area (Å²) in [6.07, 6.45) is 1.000. The lowest BCUT2D eigenvalue weighted by Gasteiger charge is -2.32. The second-order valence-corrected chi connectivity index (χ2v) is 7.24. The van der Waals surface area contributed by atoms with Crippen LogP contribution in [0.2, 0.25) is 0 Å². The zero-order valence-corrected chi connectivity index (χ0v) is 15.1. The summed E-state index contributed by atoms with van der Waals surface area (Å²) in [6, 6.07) is 26.8. The molecule has 0 saturated carbocycles. The predicted molar refractivity (Wildman–Crippen MR) is 104 cm³/mol. The highest BCUT2D eigenvalue weighted by atomic mass is 14.3. The second-order valence-electron chi connectivity index (χ2n) is 7.24. The molecular formula is C24H26. The Morgan fingerprint density at radius 1 is 0.625 bits per heavy atom. The molecule has 0 nitrogen and oxygen atoms in total. The van der Waals surface area contributed by atoms with Gasteiger partial charge in [0.1, 0.15) is 0 Å². The molecule has 0 radical (unpaired) electrons. The lowest BCUT2D eigenvalue weighted by atomic mass is 9.71. The van der Waals surface area contributed by atoms with Crippen LogP contribution < -0.4 is 0 Å². The topological polar surface area (TPSA) is 0 Å². The first-order valence-corrected chi connectivity index (χ1v) is 8.67. The van der Waals surface area contributed by atoms with Crippen LogP contribution in [0.4, 0.5) is 0 Å². The van der Waals surface area contributed by atoms with E-state index in [0.717, 1.165) is 6.42 Å². The van der Waals surface area contributed by atoms with Crippen LogP contribution in [-0.2, 0) is 11.8 Å². The van der Waals surface area contributed by atoms with Gasteiger partial charge in [-0.2, -0.15) is 0 Å². The highest BCUT2D eigenvalue weighted by Gasteiger charge is 2.29. The molecule has 0 amide bonds. The summed E-state index contributed by atoms with van der Waals surface area (Å²) in [7, 11) is 0. The fourth-order valence-electron chi connectivity index (χ4n) is 3.59. The molecule has 3 rings (SSSR count). The average molecular weight is 314 g/mol. The number of benzene rings is 3. The normalized spacial score (nSPS) is 13.5. The highest BCUT2D eigenvalue weighted by Crippen LogP contribution is 2.36. The van der Waals surface area contributed by atoms with Crippen LogP contribution in [0.1, 0.15) is 40.3 Å². The van der Waals surface area contributed by atoms with Crippen molar-refractivity contribution in [2.75, 3.05) is 0 Å². The molecule has 0 bridgehead atoms. The standard InChI is InChI=1S/C24H26/c1-18-10-12-22(13-11-18)24(4,17-21-8-6-5-7-9-21)23-15-19(2)14-20(3)16-23/h5-16H,17H2,1-4H3. The third-order valence-corrected chi connectivity index (χ3v) is 4.95. The third kappa shape index (κ3) is 3.43. The summed E-state index contributed by atoms with van der Waals surface area (Å²) in [5, 5.41) is 0. The van der Waals surface area contributed by atoms with Gasteiger partial charge in [0.05, 0.1) is 0 Å². The van der Waals surface area contributed by atoms with Crippen LogP contribution in [0, 0.1) is 20.8 Å². The number of hydrogen-bond acceptors (Lipinski definition) is 0. The smallest absolute Gasteiger partial charge is 0.0215 e. The van der Waals surface area contributed by atoms with Gasteiger partial charge in [0, 0.05) is 5.41 Å². The van der Waals surface area contributed by atoms with E-state index in [-0.39, 0.29) is 5.41 Å². The largest absolute Gasteiger partial charge is 0.0622 e. The van der Waals surface area contributed by atoms with E-state index < -0.39 is 0 Å². The Labute approximate surface area is 146 Å². The Hall–Kier alpha value is -2.34. The van der Waals surface area contributed by atoms with Gasteiger partial charge in [-0.05, 0) is 43.9 Å². The van der Waals surface area contributed by atoms with Crippen molar-refractivity contribution in [3.8, 4) is 0 Å². The van der Waals surface area contributed by atoms with Crippen LogP contribution in [0.5, 0.6) is 0 Å². The molecule has 3 aromatic rings. The van der Waals surface area contributed by atoms with Gasteiger partial charge in [0.15, 0.2) is 0 Å². The molecule has 1 unspecified atom stereocenters. The van der Waals surface area contributed by atoms with E-state index in [1.165, 1.54) is 33.4 Å². The van der Waals surface area contributed by atoms with E-state index in [2.05, 4.69) is 100 Å². The van der Waals surface area contributed by atoms with Crippen molar-refractivity contribution in [3.05, 3.63) is 106 Å². The van der Waals surface area contributed by atoms with Crippen molar-refractivity contribution in [2.45, 2.75) is 39.5 Å². The first-order valence-electron chi connectivity index (χ1n) is 8.67. The minimum Gasteiger partial charge on any atom is -0.0622 e. The quantitative estimate of drug-likeness (QED) is 0.541. The predicted octanol–water partition coefficient (Wildman–Crippen LogP) is 6.16. The van der Waals surface area contributed by atoms with Crippen molar-refractivity contribution in [1.29, 1.82) is 0 Å². The fraction of sp³-hybridized carbons (Fsp3) is 0.250. The van der Waals surface area contributed by atoms with E-state index in [0.29, 0.717) is 0 Å². The maximum atomic E-state index is 2.37. The lowest BCUT2D eigenvalue weighted by Crippen LogP contribution is -2.27. The third-order valence-electron chi connectivity index (χ3n) is 4.95. The van der Waals surface area contributed by atoms with Crippen LogP contribution in [0.25, 0.3) is 0 Å². The van der Waals surface area contributed by atoms with E-state index in [4.69, 9.17) is 0 Å². The summed E-state index contributed by atoms with van der Waals surface area (Å²) in [4.78, 5) is 0. The summed E-state index contributed by atoms with van der Waals surface area (Å²) in [6.45, 7) is 8.90. The SMILES string of the molecule is Cc1ccc(C(C)(Cc2ccccc2)c2cc(C)cc(C)c2)cc1. The van der Waals surface area contributed by atoms with Crippen molar-refractivity contribution in [1.82, 2.24) is 0 Å². The maximum Gasteiger partial charge on any atom is 0.0215 e. The molecule has 0 spiro atoms. The Morgan fingerprint density at radius 2 is 1.21 bits per heavy atom. The van der Waals surface area contributed by atoms with Gasteiger partial charge in [-0.3, -0.25) is 0 Å². The molecule has 1 atom stereocenters. The Balaban J connectivity index is 2.14. The zero-order valence-electron chi connectivity index (χ0n) is 15.1. The van der Waals surface area contributed by atoms with Gasteiger partial charge in [0.25, 0.3) is 0 Å². The van der Waals surface area contributed by atoms with E-state index in [1.807, 2.05) is 0 Å². The Morgan fingerprint density at radius 3 is 1.79 bits per heavy atom. The van der Waals surface area contributed by atoms with Crippen molar-refractivity contribution < 1.29 is 0 Å². The molecule has 122 valence electrons. The first kappa shape index (κ1) is 16.5. The maximum absolute atomic E-state index is 2.37. The van der Waals surface area contributed by atoms with Gasteiger partial charge in [-0.1, -0.05) is 96.4 Å². The molecule has 0 saturated heterocycles. The van der Waals surface area contributed by atoms with E-state index in [1.54, 1.807) is 0 Å². The highest BCUT2D eigenvalue weighted by molar-refractivity contribution is 5.44. The van der Waals surface area contributed by atoms with E-state index in [9.17, 15) is 0 Å². The Kier molecular flexibility index (Phi) is 4.57. The Bertz CT molecular complexity index is 792. The summed E-state index contributed by atoms with van der Waals surface area (Å²) >= 11 is 0. The summed E-state index contributed by atoms with van der Waals surface area (Å²) < 4.78 is 0. The van der Waals surface area contributed by atoms with Crippen LogP contribution in [0.15, 0.2) is 72.8 Å². The molecule has 0 aliphatic heterocycles. The summed E-state index contributed by atoms with van der Waals surface area (Å²) in [5.41, 5.74) is 8.08. The van der Waals surface area contributed by atoms with Gasteiger partial charge in [-0.25, -0.2) is 0 Å².